The molecule has 1 amide bonds. The molecule has 5 heteroatoms. The fourth-order valence-electron chi connectivity index (χ4n) is 6.34. The van der Waals surface area contributed by atoms with Gasteiger partial charge in [-0.2, -0.15) is 0 Å². The number of hydrogen-bond donors (Lipinski definition) is 2. The van der Waals surface area contributed by atoms with Gasteiger partial charge in [0.1, 0.15) is 5.82 Å². The van der Waals surface area contributed by atoms with Crippen LogP contribution >= 0.6 is 0 Å². The van der Waals surface area contributed by atoms with Crippen LogP contribution in [0.25, 0.3) is 0 Å². The van der Waals surface area contributed by atoms with Gasteiger partial charge in [-0.25, -0.2) is 0 Å². The number of primary amides is 1. The Hall–Kier alpha value is -2.53. The molecular weight excluding hydrogens is 408 g/mol. The molecule has 3 N–H and O–H groups in total. The first-order valence-corrected chi connectivity index (χ1v) is 12.8. The predicted octanol–water partition coefficient (Wildman–Crippen LogP) is 4.75. The second kappa shape index (κ2) is 9.02. The molecule has 0 atom stereocenters. The number of nitrogens with two attached hydrogens (primary N) is 1. The van der Waals surface area contributed by atoms with Gasteiger partial charge < -0.3 is 16.0 Å². The number of allylic oxidation sites excluding steroid dienone is 3. The lowest BCUT2D eigenvalue weighted by Gasteiger charge is -2.47. The number of anilines is 1. The van der Waals surface area contributed by atoms with Crippen molar-refractivity contribution in [3.63, 3.8) is 0 Å². The summed E-state index contributed by atoms with van der Waals surface area (Å²) in [5.41, 5.74) is 13.2. The van der Waals surface area contributed by atoms with Crippen LogP contribution in [-0.4, -0.2) is 37.0 Å². The maximum atomic E-state index is 12.8. The molecule has 1 aromatic carbocycles. The Balaban J connectivity index is 1.65. The van der Waals surface area contributed by atoms with Crippen LogP contribution in [0.5, 0.6) is 0 Å². The molecule has 176 valence electrons. The third-order valence-electron chi connectivity index (χ3n) is 8.18. The Morgan fingerprint density at radius 1 is 1.15 bits per heavy atom. The van der Waals surface area contributed by atoms with E-state index in [1.54, 1.807) is 0 Å². The summed E-state index contributed by atoms with van der Waals surface area (Å²) in [6, 6.07) is 8.56. The largest absolute Gasteiger partial charge is 0.366 e. The lowest BCUT2D eigenvalue weighted by atomic mass is 9.77. The van der Waals surface area contributed by atoms with E-state index >= 15 is 0 Å². The topological polar surface area (TPSA) is 61.6 Å². The molecule has 3 aliphatic heterocycles. The number of para-hydroxylation sites is 1. The lowest BCUT2D eigenvalue weighted by Crippen LogP contribution is -2.47. The zero-order chi connectivity index (χ0) is 23.0. The van der Waals surface area contributed by atoms with E-state index in [0.29, 0.717) is 5.41 Å². The summed E-state index contributed by atoms with van der Waals surface area (Å²) in [5.74, 6) is 1.02. The number of carbonyl (C=O) groups is 1. The smallest absolute Gasteiger partial charge is 0.251 e. The first kappa shape index (κ1) is 22.3. The Bertz CT molecular complexity index is 1020. The summed E-state index contributed by atoms with van der Waals surface area (Å²) >= 11 is 0. The van der Waals surface area contributed by atoms with Crippen molar-refractivity contribution < 1.29 is 4.79 Å². The highest BCUT2D eigenvalue weighted by Gasteiger charge is 2.42. The predicted molar refractivity (Wildman–Crippen MR) is 134 cm³/mol. The molecule has 1 spiro atoms. The molecule has 2 saturated heterocycles. The molecule has 1 aromatic rings. The number of nitrogens with zero attached hydrogens (tertiary/aromatic N) is 2. The third kappa shape index (κ3) is 3.90. The zero-order valence-electron chi connectivity index (χ0n) is 20.3. The van der Waals surface area contributed by atoms with E-state index in [4.69, 9.17) is 5.73 Å². The van der Waals surface area contributed by atoms with Crippen molar-refractivity contribution in [2.45, 2.75) is 65.2 Å². The van der Waals surface area contributed by atoms with E-state index < -0.39 is 0 Å². The van der Waals surface area contributed by atoms with Crippen molar-refractivity contribution in [1.29, 1.82) is 0 Å². The second-order valence-electron chi connectivity index (χ2n) is 10.3. The lowest BCUT2D eigenvalue weighted by molar-refractivity contribution is -0.114. The number of rotatable bonds is 5. The van der Waals surface area contributed by atoms with Crippen molar-refractivity contribution >= 4 is 11.6 Å². The number of fused-ring (bicyclic) bond motifs is 1. The molecule has 0 bridgehead atoms. The highest BCUT2D eigenvalue weighted by Crippen LogP contribution is 2.48. The van der Waals surface area contributed by atoms with Gasteiger partial charge in [-0.05, 0) is 86.6 Å². The molecule has 1 aliphatic carbocycles. The molecule has 5 rings (SSSR count). The first-order chi connectivity index (χ1) is 16.0. The minimum Gasteiger partial charge on any atom is -0.366 e. The number of nitrogens with one attached hydrogen (secondary N) is 1. The van der Waals surface area contributed by atoms with Gasteiger partial charge in [0.15, 0.2) is 0 Å². The highest BCUT2D eigenvalue weighted by molar-refractivity contribution is 6.01. The number of benzene rings is 1. The van der Waals surface area contributed by atoms with Crippen molar-refractivity contribution in [1.82, 2.24) is 10.2 Å². The van der Waals surface area contributed by atoms with Crippen LogP contribution in [0.4, 0.5) is 5.69 Å². The molecule has 3 fully saturated rings. The molecular formula is C28H38N4O. The average Bonchev–Trinajstić information content (AvgIpc) is 3.47. The Kier molecular flexibility index (Phi) is 6.09. The van der Waals surface area contributed by atoms with Crippen LogP contribution < -0.4 is 16.0 Å². The molecule has 4 aliphatic rings. The average molecular weight is 447 g/mol. The summed E-state index contributed by atoms with van der Waals surface area (Å²) in [4.78, 5) is 17.8. The standard InChI is InChI=1S/C28H38N4O/c1-3-4-11-24-25(26(29)33)21-9-7-10-22(21)27(32(24)23-12-6-5-8-20(23)2)31-17-14-28(15-18-31)13-16-30-19-28/h5-6,8,11-12,30H,3-4,7,9-10,13-19H2,1-2H3,(H2,29,33)/b24-11+. The van der Waals surface area contributed by atoms with Gasteiger partial charge in [0.05, 0.1) is 17.0 Å². The molecule has 0 unspecified atom stereocenters. The van der Waals surface area contributed by atoms with Crippen molar-refractivity contribution in [3.8, 4) is 0 Å². The Labute approximate surface area is 198 Å². The molecule has 3 heterocycles. The second-order valence-corrected chi connectivity index (χ2v) is 10.3. The summed E-state index contributed by atoms with van der Waals surface area (Å²) in [6.45, 7) is 8.82. The van der Waals surface area contributed by atoms with Gasteiger partial charge in [-0.15, -0.1) is 0 Å². The first-order valence-electron chi connectivity index (χ1n) is 12.8. The van der Waals surface area contributed by atoms with Crippen molar-refractivity contribution in [3.05, 3.63) is 64.1 Å². The number of carbonyl (C=O) groups excluding carboxylic acids is 1. The van der Waals surface area contributed by atoms with Crippen LogP contribution in [0.15, 0.2) is 58.6 Å². The molecule has 5 nitrogen and oxygen atoms in total. The number of piperidine rings is 1. The van der Waals surface area contributed by atoms with Crippen molar-refractivity contribution in [2.75, 3.05) is 31.1 Å². The van der Waals surface area contributed by atoms with E-state index in [2.05, 4.69) is 59.3 Å². The van der Waals surface area contributed by atoms with E-state index in [1.807, 2.05) is 0 Å². The molecule has 33 heavy (non-hydrogen) atoms. The number of unbranched alkanes of at least 4 members (excludes halogenated alkanes) is 1. The normalized spacial score (nSPS) is 23.8. The van der Waals surface area contributed by atoms with Crippen LogP contribution in [0.2, 0.25) is 0 Å². The van der Waals surface area contributed by atoms with E-state index in [-0.39, 0.29) is 5.91 Å². The summed E-state index contributed by atoms with van der Waals surface area (Å²) in [5, 5.41) is 3.60. The maximum Gasteiger partial charge on any atom is 0.251 e. The fourth-order valence-corrected chi connectivity index (χ4v) is 6.34. The third-order valence-corrected chi connectivity index (χ3v) is 8.18. The quantitative estimate of drug-likeness (QED) is 0.685. The van der Waals surface area contributed by atoms with Crippen LogP contribution in [0, 0.1) is 12.3 Å². The Morgan fingerprint density at radius 3 is 2.58 bits per heavy atom. The van der Waals surface area contributed by atoms with Gasteiger partial charge in [0.2, 0.25) is 0 Å². The highest BCUT2D eigenvalue weighted by atomic mass is 16.1. The number of hydrogen-bond acceptors (Lipinski definition) is 4. The SMILES string of the molecule is CCC/C=C1\C(C(N)=O)=C2CCCC2=C(N2CCC3(CCNC3)CC2)N1c1ccccc1C. The summed E-state index contributed by atoms with van der Waals surface area (Å²) in [7, 11) is 0. The van der Waals surface area contributed by atoms with E-state index in [9.17, 15) is 4.79 Å². The number of amides is 1. The maximum absolute atomic E-state index is 12.8. The monoisotopic (exact) mass is 446 g/mol. The zero-order valence-corrected chi connectivity index (χ0v) is 20.3. The Morgan fingerprint density at radius 2 is 1.91 bits per heavy atom. The van der Waals surface area contributed by atoms with Gasteiger partial charge >= 0.3 is 0 Å². The number of likely N-dealkylation sites (tertiary alicyclic amines) is 1. The van der Waals surface area contributed by atoms with Gasteiger partial charge in [-0.1, -0.05) is 37.6 Å². The van der Waals surface area contributed by atoms with E-state index in [0.717, 1.165) is 75.2 Å². The minimum atomic E-state index is -0.293. The van der Waals surface area contributed by atoms with Crippen molar-refractivity contribution in [2.24, 2.45) is 11.1 Å². The van der Waals surface area contributed by atoms with E-state index in [1.165, 1.54) is 41.8 Å². The van der Waals surface area contributed by atoms with Gasteiger partial charge in [0, 0.05) is 19.6 Å². The van der Waals surface area contributed by atoms with Crippen LogP contribution in [-0.2, 0) is 4.79 Å². The summed E-state index contributed by atoms with van der Waals surface area (Å²) in [6.07, 6.45) is 11.0. The van der Waals surface area contributed by atoms with Gasteiger partial charge in [-0.3, -0.25) is 9.69 Å². The van der Waals surface area contributed by atoms with Crippen LogP contribution in [0.1, 0.15) is 63.9 Å². The molecule has 0 aromatic heterocycles. The number of aryl methyl sites for hydroxylation is 1. The summed E-state index contributed by atoms with van der Waals surface area (Å²) < 4.78 is 0. The molecule has 0 radical (unpaired) electrons. The van der Waals surface area contributed by atoms with Crippen LogP contribution in [0.3, 0.4) is 0 Å². The van der Waals surface area contributed by atoms with Gasteiger partial charge in [0.25, 0.3) is 5.91 Å². The molecule has 1 saturated carbocycles. The minimum absolute atomic E-state index is 0.293. The fraction of sp³-hybridized carbons (Fsp3) is 0.536.